The van der Waals surface area contributed by atoms with Gasteiger partial charge in [-0.25, -0.2) is 4.79 Å². The molecule has 0 amide bonds. The molecular formula is C31H46N2O2. The van der Waals surface area contributed by atoms with Gasteiger partial charge in [-0.1, -0.05) is 90.2 Å². The number of nitrogens with zero attached hydrogens (tertiary/aromatic N) is 2. The lowest BCUT2D eigenvalue weighted by molar-refractivity contribution is -0.142. The van der Waals surface area contributed by atoms with Gasteiger partial charge in [0, 0.05) is 0 Å². The molecule has 4 heteroatoms. The van der Waals surface area contributed by atoms with E-state index < -0.39 is 11.4 Å². The molecule has 1 aliphatic carbocycles. The van der Waals surface area contributed by atoms with Crippen LogP contribution in [0.15, 0.2) is 24.3 Å². The zero-order valence-corrected chi connectivity index (χ0v) is 22.4. The number of carbonyl (C=O) groups is 1. The standard InChI is InChI=1S/C31H46N2O2/c1-4-6-7-8-9-10-11-12-13-21-31(25-33)22-18-27(19-23-31)26-14-16-28(17-15-26)35-29(34)30(3,24-32)20-5-2/h14-17,27H,4-13,18-23H2,1-3H3. The van der Waals surface area contributed by atoms with Crippen molar-refractivity contribution in [2.45, 2.75) is 129 Å². The third-order valence-electron chi connectivity index (χ3n) is 7.95. The lowest BCUT2D eigenvalue weighted by Crippen LogP contribution is -2.30. The van der Waals surface area contributed by atoms with Crippen LogP contribution >= 0.6 is 0 Å². The molecular weight excluding hydrogens is 432 g/mol. The Morgan fingerprint density at radius 1 is 0.943 bits per heavy atom. The van der Waals surface area contributed by atoms with Crippen LogP contribution in [0.1, 0.15) is 135 Å². The largest absolute Gasteiger partial charge is 0.425 e. The van der Waals surface area contributed by atoms with Crippen molar-refractivity contribution in [2.24, 2.45) is 10.8 Å². The number of hydrogen-bond acceptors (Lipinski definition) is 4. The van der Waals surface area contributed by atoms with Crippen molar-refractivity contribution in [1.82, 2.24) is 0 Å². The average Bonchev–Trinajstić information content (AvgIpc) is 2.88. The summed E-state index contributed by atoms with van der Waals surface area (Å²) in [6, 6.07) is 12.6. The maximum absolute atomic E-state index is 12.5. The molecule has 1 saturated carbocycles. The number of nitriles is 2. The van der Waals surface area contributed by atoms with E-state index in [-0.39, 0.29) is 5.41 Å². The van der Waals surface area contributed by atoms with E-state index in [4.69, 9.17) is 4.74 Å². The third-order valence-corrected chi connectivity index (χ3v) is 7.95. The van der Waals surface area contributed by atoms with Crippen LogP contribution < -0.4 is 4.74 Å². The van der Waals surface area contributed by atoms with Crippen LogP contribution in [-0.2, 0) is 4.79 Å². The zero-order valence-electron chi connectivity index (χ0n) is 22.4. The van der Waals surface area contributed by atoms with Gasteiger partial charge in [0.1, 0.15) is 5.75 Å². The molecule has 0 radical (unpaired) electrons. The van der Waals surface area contributed by atoms with Crippen molar-refractivity contribution in [3.8, 4) is 17.9 Å². The quantitative estimate of drug-likeness (QED) is 0.143. The minimum atomic E-state index is -1.11. The Labute approximate surface area is 214 Å². The first-order chi connectivity index (χ1) is 16.9. The minimum Gasteiger partial charge on any atom is -0.425 e. The highest BCUT2D eigenvalue weighted by atomic mass is 16.5. The van der Waals surface area contributed by atoms with Gasteiger partial charge in [-0.05, 0) is 69.1 Å². The maximum atomic E-state index is 12.5. The summed E-state index contributed by atoms with van der Waals surface area (Å²) in [6.45, 7) is 5.86. The molecule has 1 aromatic carbocycles. The summed E-state index contributed by atoms with van der Waals surface area (Å²) >= 11 is 0. The van der Waals surface area contributed by atoms with Crippen molar-refractivity contribution in [3.05, 3.63) is 29.8 Å². The number of hydrogen-bond donors (Lipinski definition) is 0. The summed E-state index contributed by atoms with van der Waals surface area (Å²) in [6.07, 6.45) is 18.1. The summed E-state index contributed by atoms with van der Waals surface area (Å²) in [7, 11) is 0. The fourth-order valence-electron chi connectivity index (χ4n) is 5.43. The molecule has 0 N–H and O–H groups in total. The van der Waals surface area contributed by atoms with E-state index in [1.54, 1.807) is 6.92 Å². The molecule has 0 aliphatic heterocycles. The molecule has 0 saturated heterocycles. The molecule has 2 rings (SSSR count). The van der Waals surface area contributed by atoms with E-state index in [0.29, 0.717) is 18.1 Å². The molecule has 192 valence electrons. The van der Waals surface area contributed by atoms with Gasteiger partial charge >= 0.3 is 5.97 Å². The molecule has 1 unspecified atom stereocenters. The number of carbonyl (C=O) groups excluding carboxylic acids is 1. The highest BCUT2D eigenvalue weighted by Crippen LogP contribution is 2.46. The highest BCUT2D eigenvalue weighted by Gasteiger charge is 2.36. The molecule has 0 heterocycles. The van der Waals surface area contributed by atoms with Crippen LogP contribution in [0, 0.1) is 33.5 Å². The number of benzene rings is 1. The normalized spacial score (nSPS) is 21.5. The van der Waals surface area contributed by atoms with E-state index in [1.807, 2.05) is 31.2 Å². The van der Waals surface area contributed by atoms with E-state index in [2.05, 4.69) is 19.1 Å². The van der Waals surface area contributed by atoms with Gasteiger partial charge in [0.2, 0.25) is 0 Å². The Balaban J connectivity index is 1.77. The van der Waals surface area contributed by atoms with Crippen LogP contribution in [0.4, 0.5) is 0 Å². The average molecular weight is 479 g/mol. The summed E-state index contributed by atoms with van der Waals surface area (Å²) in [5.41, 5.74) is -0.00352. The van der Waals surface area contributed by atoms with Gasteiger partial charge in [0.05, 0.1) is 17.6 Å². The molecule has 1 aromatic rings. The molecule has 35 heavy (non-hydrogen) atoms. The molecule has 0 bridgehead atoms. The van der Waals surface area contributed by atoms with Crippen molar-refractivity contribution in [1.29, 1.82) is 10.5 Å². The lowest BCUT2D eigenvalue weighted by atomic mass is 9.67. The predicted octanol–water partition coefficient (Wildman–Crippen LogP) is 9.01. The smallest absolute Gasteiger partial charge is 0.331 e. The predicted molar refractivity (Wildman–Crippen MR) is 142 cm³/mol. The summed E-state index contributed by atoms with van der Waals surface area (Å²) < 4.78 is 5.51. The monoisotopic (exact) mass is 478 g/mol. The summed E-state index contributed by atoms with van der Waals surface area (Å²) in [5, 5.41) is 19.3. The van der Waals surface area contributed by atoms with E-state index in [0.717, 1.165) is 38.5 Å². The molecule has 1 atom stereocenters. The second-order valence-electron chi connectivity index (χ2n) is 10.9. The van der Waals surface area contributed by atoms with Crippen LogP contribution in [0.3, 0.4) is 0 Å². The van der Waals surface area contributed by atoms with Gasteiger partial charge in [-0.15, -0.1) is 0 Å². The van der Waals surface area contributed by atoms with Gasteiger partial charge in [-0.2, -0.15) is 10.5 Å². The van der Waals surface area contributed by atoms with Crippen molar-refractivity contribution < 1.29 is 9.53 Å². The molecule has 1 fully saturated rings. The van der Waals surface area contributed by atoms with Crippen molar-refractivity contribution in [2.75, 3.05) is 0 Å². The number of ether oxygens (including phenoxy) is 1. The molecule has 4 nitrogen and oxygen atoms in total. The number of rotatable bonds is 15. The van der Waals surface area contributed by atoms with E-state index >= 15 is 0 Å². The zero-order chi connectivity index (χ0) is 25.6. The fourth-order valence-corrected chi connectivity index (χ4v) is 5.43. The SMILES string of the molecule is CCCCCCCCCCCC1(C#N)CCC(c2ccc(OC(=O)C(C)(C#N)CCC)cc2)CC1. The van der Waals surface area contributed by atoms with Gasteiger partial charge in [0.15, 0.2) is 5.41 Å². The van der Waals surface area contributed by atoms with Crippen LogP contribution in [0.2, 0.25) is 0 Å². The van der Waals surface area contributed by atoms with Crippen LogP contribution in [0.5, 0.6) is 5.75 Å². The van der Waals surface area contributed by atoms with Crippen LogP contribution in [0.25, 0.3) is 0 Å². The third kappa shape index (κ3) is 9.00. The van der Waals surface area contributed by atoms with Crippen molar-refractivity contribution in [3.63, 3.8) is 0 Å². The second kappa shape index (κ2) is 14.9. The van der Waals surface area contributed by atoms with Crippen LogP contribution in [-0.4, -0.2) is 5.97 Å². The summed E-state index contributed by atoms with van der Waals surface area (Å²) in [5.74, 6) is 0.459. The first-order valence-corrected chi connectivity index (χ1v) is 14.1. The van der Waals surface area contributed by atoms with Crippen molar-refractivity contribution >= 4 is 5.97 Å². The number of unbranched alkanes of at least 4 members (excludes halogenated alkanes) is 8. The molecule has 0 spiro atoms. The van der Waals surface area contributed by atoms with E-state index in [9.17, 15) is 15.3 Å². The minimum absolute atomic E-state index is 0.145. The first-order valence-electron chi connectivity index (χ1n) is 14.1. The molecule has 0 aromatic heterocycles. The number of esters is 1. The second-order valence-corrected chi connectivity index (χ2v) is 10.9. The Morgan fingerprint density at radius 2 is 1.51 bits per heavy atom. The first kappa shape index (κ1) is 28.9. The maximum Gasteiger partial charge on any atom is 0.331 e. The Morgan fingerprint density at radius 3 is 2.03 bits per heavy atom. The van der Waals surface area contributed by atoms with Gasteiger partial charge < -0.3 is 4.74 Å². The Bertz CT molecular complexity index is 840. The highest BCUT2D eigenvalue weighted by molar-refractivity contribution is 5.81. The lowest BCUT2D eigenvalue weighted by Gasteiger charge is -2.35. The molecule has 1 aliphatic rings. The Hall–Kier alpha value is -2.33. The van der Waals surface area contributed by atoms with Gasteiger partial charge in [-0.3, -0.25) is 0 Å². The fraction of sp³-hybridized carbons (Fsp3) is 0.710. The Kier molecular flexibility index (Phi) is 12.3. The topological polar surface area (TPSA) is 73.9 Å². The summed E-state index contributed by atoms with van der Waals surface area (Å²) in [4.78, 5) is 12.5. The van der Waals surface area contributed by atoms with E-state index in [1.165, 1.54) is 63.4 Å². The van der Waals surface area contributed by atoms with Gasteiger partial charge in [0.25, 0.3) is 0 Å².